The number of ether oxygens (including phenoxy) is 5. The lowest BCUT2D eigenvalue weighted by Gasteiger charge is -2.22. The Labute approximate surface area is 331 Å². The monoisotopic (exact) mass is 856 g/mol. The molecule has 0 aromatic carbocycles. The van der Waals surface area contributed by atoms with Crippen LogP contribution in [0.1, 0.15) is 63.8 Å². The summed E-state index contributed by atoms with van der Waals surface area (Å²) in [5.74, 6) is 0.902. The van der Waals surface area contributed by atoms with Crippen LogP contribution < -0.4 is 5.32 Å². The predicted octanol–water partition coefficient (Wildman–Crippen LogP) is 1.47. The molecule has 1 aromatic rings. The molecule has 0 spiro atoms. The lowest BCUT2D eigenvalue weighted by atomic mass is 10.0. The van der Waals surface area contributed by atoms with Crippen LogP contribution >= 0.6 is 15.6 Å². The first-order valence-corrected chi connectivity index (χ1v) is 22.4. The molecule has 3 heterocycles. The average Bonchev–Trinajstić information content (AvgIpc) is 3.37. The van der Waals surface area contributed by atoms with Crippen LogP contribution in [0.15, 0.2) is 0 Å². The molecule has 21 nitrogen and oxygen atoms in total. The second-order valence-corrected chi connectivity index (χ2v) is 17.8. The molecule has 0 bridgehead atoms. The molecule has 1 amide bonds. The van der Waals surface area contributed by atoms with Crippen molar-refractivity contribution in [2.75, 3.05) is 53.8 Å². The van der Waals surface area contributed by atoms with Crippen LogP contribution in [0.3, 0.4) is 0 Å². The van der Waals surface area contributed by atoms with E-state index in [1.165, 1.54) is 14.2 Å². The second-order valence-electron chi connectivity index (χ2n) is 14.9. The van der Waals surface area contributed by atoms with Crippen molar-refractivity contribution in [3.8, 4) is 0 Å². The number of carbonyl (C=O) groups is 2. The summed E-state index contributed by atoms with van der Waals surface area (Å²) in [4.78, 5) is 45.3. The first kappa shape index (κ1) is 46.1. The summed E-state index contributed by atoms with van der Waals surface area (Å²) in [5, 5.41) is 31.5. The van der Waals surface area contributed by atoms with Gasteiger partial charge in [0.15, 0.2) is 5.78 Å². The van der Waals surface area contributed by atoms with Crippen molar-refractivity contribution in [1.82, 2.24) is 20.3 Å². The molecule has 3 fully saturated rings. The van der Waals surface area contributed by atoms with E-state index in [1.807, 2.05) is 0 Å². The van der Waals surface area contributed by atoms with Crippen molar-refractivity contribution in [2.24, 2.45) is 17.8 Å². The molecule has 57 heavy (non-hydrogen) atoms. The van der Waals surface area contributed by atoms with Gasteiger partial charge in [-0.05, 0) is 76.5 Å². The highest BCUT2D eigenvalue weighted by Gasteiger charge is 2.51. The van der Waals surface area contributed by atoms with E-state index in [0.29, 0.717) is 37.5 Å². The summed E-state index contributed by atoms with van der Waals surface area (Å²) in [6, 6.07) is 0. The Bertz CT molecular complexity index is 1570. The van der Waals surface area contributed by atoms with Crippen molar-refractivity contribution < 1.29 is 80.5 Å². The van der Waals surface area contributed by atoms with Crippen molar-refractivity contribution >= 4 is 27.5 Å². The molecule has 326 valence electrons. The summed E-state index contributed by atoms with van der Waals surface area (Å²) in [7, 11) is -6.05. The van der Waals surface area contributed by atoms with Gasteiger partial charge in [-0.25, -0.2) is 18.6 Å². The van der Waals surface area contributed by atoms with E-state index in [0.717, 1.165) is 24.2 Å². The van der Waals surface area contributed by atoms with Gasteiger partial charge in [0, 0.05) is 27.2 Å². The number of aromatic nitrogens is 3. The maximum atomic E-state index is 12.8. The summed E-state index contributed by atoms with van der Waals surface area (Å²) >= 11 is 0. The highest BCUT2D eigenvalue weighted by Crippen LogP contribution is 2.53. The minimum atomic E-state index is -4.52. The molecule has 2 aliphatic carbocycles. The number of aliphatic hydroxyl groups excluding tert-OH is 2. The summed E-state index contributed by atoms with van der Waals surface area (Å²) in [5.41, 5.74) is 1.78. The number of nitrogens with one attached hydrogen (secondary N) is 1. The number of phosphoric ester groups is 2. The van der Waals surface area contributed by atoms with Gasteiger partial charge in [-0.3, -0.25) is 22.9 Å². The number of rotatable bonds is 23. The number of methoxy groups -OCH3 is 2. The van der Waals surface area contributed by atoms with Crippen LogP contribution in [0, 0.1) is 17.8 Å². The molecule has 2 saturated heterocycles. The van der Waals surface area contributed by atoms with E-state index in [9.17, 15) is 38.7 Å². The summed E-state index contributed by atoms with van der Waals surface area (Å²) < 4.78 is 73.4. The number of amides is 1. The minimum absolute atomic E-state index is 0.0542. The van der Waals surface area contributed by atoms with Gasteiger partial charge in [0.05, 0.1) is 56.6 Å². The Morgan fingerprint density at radius 3 is 2.21 bits per heavy atom. The van der Waals surface area contributed by atoms with Gasteiger partial charge in [-0.2, -0.15) is 0 Å². The number of unbranched alkanes of at least 4 members (excludes halogenated alkanes) is 1. The summed E-state index contributed by atoms with van der Waals surface area (Å²) in [6.07, 6.45) is -2.67. The molecule has 5 N–H and O–H groups in total. The van der Waals surface area contributed by atoms with Crippen LogP contribution in [0.2, 0.25) is 0 Å². The van der Waals surface area contributed by atoms with Crippen LogP contribution in [0.5, 0.6) is 0 Å². The lowest BCUT2D eigenvalue weighted by Crippen LogP contribution is -2.36. The van der Waals surface area contributed by atoms with E-state index < -0.39 is 70.6 Å². The Balaban J connectivity index is 0.925. The molecule has 13 atom stereocenters. The van der Waals surface area contributed by atoms with Gasteiger partial charge < -0.3 is 49.0 Å². The maximum absolute atomic E-state index is 12.8. The summed E-state index contributed by atoms with van der Waals surface area (Å²) in [6.45, 7) is 3.24. The van der Waals surface area contributed by atoms with Gasteiger partial charge in [0.1, 0.15) is 43.2 Å². The molecule has 23 heteroatoms. The number of fused-ring (bicyclic) bond motifs is 2. The Morgan fingerprint density at radius 1 is 0.860 bits per heavy atom. The zero-order chi connectivity index (χ0) is 41.3. The van der Waals surface area contributed by atoms with Gasteiger partial charge in [-0.15, -0.1) is 5.10 Å². The molecule has 5 rings (SSSR count). The normalized spacial score (nSPS) is 33.0. The number of aliphatic hydroxyl groups is 2. The van der Waals surface area contributed by atoms with Crippen molar-refractivity contribution in [1.29, 1.82) is 0 Å². The van der Waals surface area contributed by atoms with Crippen molar-refractivity contribution in [3.05, 3.63) is 11.4 Å². The minimum Gasteiger partial charge on any atom is -0.449 e. The quantitative estimate of drug-likeness (QED) is 0.0770. The zero-order valence-electron chi connectivity index (χ0n) is 32.8. The zero-order valence-corrected chi connectivity index (χ0v) is 34.6. The van der Waals surface area contributed by atoms with Crippen LogP contribution in [-0.2, 0) is 75.1 Å². The Morgan fingerprint density at radius 2 is 1.51 bits per heavy atom. The molecule has 0 radical (unpaired) electrons. The van der Waals surface area contributed by atoms with Gasteiger partial charge in [-0.1, -0.05) is 5.21 Å². The molecule has 1 aromatic heterocycles. The third-order valence-electron chi connectivity index (χ3n) is 10.9. The average molecular weight is 857 g/mol. The lowest BCUT2D eigenvalue weighted by molar-refractivity contribution is -0.120. The third-order valence-corrected chi connectivity index (χ3v) is 12.9. The molecular formula is C34H58N4O17P2. The van der Waals surface area contributed by atoms with E-state index in [1.54, 1.807) is 18.5 Å². The number of hydrogen-bond donors (Lipinski definition) is 5. The number of hydrogen-bond acceptors (Lipinski definition) is 17. The van der Waals surface area contributed by atoms with Gasteiger partial charge in [0.2, 0.25) is 0 Å². The Kier molecular flexibility index (Phi) is 17.0. The van der Waals surface area contributed by atoms with E-state index >= 15 is 0 Å². The number of nitrogens with zero attached hydrogens (tertiary/aromatic N) is 3. The smallest absolute Gasteiger partial charge is 0.449 e. The van der Waals surface area contributed by atoms with Gasteiger partial charge >= 0.3 is 21.7 Å². The van der Waals surface area contributed by atoms with Crippen LogP contribution in [-0.4, -0.2) is 150 Å². The van der Waals surface area contributed by atoms with Crippen molar-refractivity contribution in [2.45, 2.75) is 121 Å². The van der Waals surface area contributed by atoms with Crippen LogP contribution in [0.4, 0.5) is 4.79 Å². The number of phosphoric acid groups is 2. The highest BCUT2D eigenvalue weighted by atomic mass is 31.2. The number of Topliss-reactive ketones (excluding diaryl/α,β-unsaturated/α-hetero) is 1. The first-order chi connectivity index (χ1) is 27.1. The van der Waals surface area contributed by atoms with E-state index in [4.69, 9.17) is 41.8 Å². The molecule has 4 aliphatic rings. The number of carbonyl (C=O) groups excluding carboxylic acids is 2. The largest absolute Gasteiger partial charge is 0.472 e. The predicted molar refractivity (Wildman–Crippen MR) is 196 cm³/mol. The standard InChI is InChI=1S/C34H58N4O17P2/c1-20-30(40)32(48-4)29(54-20)19-52-56(43,44)50-14-6-5-8-22(39)16-38-27-12-10-24-23(9-11-26(27)36-37-38)25(24)17-49-34(42)35-13-7-15-51-57(45,46)55-33-28(18-47-3)53-21(2)31(33)41/h20-21,23-25,28-33,40-41H,5-19H2,1-4H3,(H,35,42)(H,43,44)(H,45,46)/t20-,21-,23?,24?,25?,28+,29+,30+,31+,32?,33?/m0/s1. The number of ketones is 1. The van der Waals surface area contributed by atoms with Gasteiger partial charge in [0.25, 0.3) is 0 Å². The Hall–Kier alpha value is -1.94. The fourth-order valence-corrected chi connectivity index (χ4v) is 9.56. The topological polar surface area (TPSA) is 275 Å². The van der Waals surface area contributed by atoms with Crippen LogP contribution in [0.25, 0.3) is 0 Å². The fourth-order valence-electron chi connectivity index (χ4n) is 7.80. The number of alkyl carbamates (subject to hydrolysis) is 1. The highest BCUT2D eigenvalue weighted by molar-refractivity contribution is 7.47. The number of aryl methyl sites for hydroxylation is 1. The second kappa shape index (κ2) is 21.0. The SMILES string of the molecule is COC[C@H]1O[C@@H](C)[C@@H](O)C1OP(=O)(O)OCCCNC(=O)OCC1C2CCc3nnn(CC(=O)CCCCOP(=O)(O)OC[C@H]4O[C@@H](C)[C@@H](O)C4OC)c3CCC21. The van der Waals surface area contributed by atoms with Crippen molar-refractivity contribution in [3.63, 3.8) is 0 Å². The maximum Gasteiger partial charge on any atom is 0.472 e. The molecule has 1 saturated carbocycles. The third kappa shape index (κ3) is 13.0. The molecule has 2 aliphatic heterocycles. The fraction of sp³-hybridized carbons (Fsp3) is 0.882. The van der Waals surface area contributed by atoms with E-state index in [2.05, 4.69) is 15.6 Å². The molecule has 7 unspecified atom stereocenters. The van der Waals surface area contributed by atoms with E-state index in [-0.39, 0.29) is 70.7 Å². The molecular weight excluding hydrogens is 798 g/mol. The first-order valence-electron chi connectivity index (χ1n) is 19.4.